The summed E-state index contributed by atoms with van der Waals surface area (Å²) < 4.78 is 47.5. The van der Waals surface area contributed by atoms with Crippen molar-refractivity contribution in [1.82, 2.24) is 25.0 Å². The highest BCUT2D eigenvalue weighted by Crippen LogP contribution is 2.34. The fourth-order valence-corrected chi connectivity index (χ4v) is 4.38. The molecule has 0 aliphatic carbocycles. The molecule has 3 aromatic rings. The molecule has 2 aliphatic rings. The van der Waals surface area contributed by atoms with Crippen LogP contribution in [-0.2, 0) is 9.57 Å². The fourth-order valence-electron chi connectivity index (χ4n) is 4.38. The molecule has 2 aliphatic heterocycles. The molecule has 0 spiro atoms. The van der Waals surface area contributed by atoms with Crippen LogP contribution in [0.3, 0.4) is 0 Å². The van der Waals surface area contributed by atoms with Crippen LogP contribution < -0.4 is 0 Å². The second kappa shape index (κ2) is 9.89. The molecule has 0 saturated carbocycles. The summed E-state index contributed by atoms with van der Waals surface area (Å²) in [5.74, 6) is -4.41. The van der Waals surface area contributed by atoms with E-state index in [1.165, 1.54) is 12.5 Å². The third kappa shape index (κ3) is 4.55. The molecule has 4 heterocycles. The van der Waals surface area contributed by atoms with Crippen LogP contribution in [-0.4, -0.2) is 83.1 Å². The molecule has 1 saturated heterocycles. The molecule has 1 fully saturated rings. The Labute approximate surface area is 201 Å². The molecule has 0 bridgehead atoms. The van der Waals surface area contributed by atoms with E-state index >= 15 is 0 Å². The average Bonchev–Trinajstić information content (AvgIpc) is 3.55. The van der Waals surface area contributed by atoms with Crippen molar-refractivity contribution in [2.24, 2.45) is 5.16 Å². The summed E-state index contributed by atoms with van der Waals surface area (Å²) in [6, 6.07) is 0.396. The van der Waals surface area contributed by atoms with Crippen molar-refractivity contribution >= 4 is 5.71 Å². The van der Waals surface area contributed by atoms with Gasteiger partial charge in [0, 0.05) is 36.4 Å². The lowest BCUT2D eigenvalue weighted by Crippen LogP contribution is -2.56. The third-order valence-corrected chi connectivity index (χ3v) is 6.21. The van der Waals surface area contributed by atoms with E-state index in [1.54, 1.807) is 12.4 Å². The Bertz CT molecular complexity index is 1240. The highest BCUT2D eigenvalue weighted by molar-refractivity contribution is 6.00. The van der Waals surface area contributed by atoms with Crippen molar-refractivity contribution in [3.05, 3.63) is 60.1 Å². The molecule has 3 N–H and O–H groups in total. The molecule has 6 atom stereocenters. The maximum atomic E-state index is 13.7. The van der Waals surface area contributed by atoms with Crippen molar-refractivity contribution in [3.63, 3.8) is 0 Å². The van der Waals surface area contributed by atoms with E-state index in [9.17, 15) is 28.5 Å². The normalized spacial score (nSPS) is 28.1. The van der Waals surface area contributed by atoms with Gasteiger partial charge in [-0.05, 0) is 12.1 Å². The van der Waals surface area contributed by atoms with Crippen LogP contribution in [0.25, 0.3) is 11.3 Å². The number of halogens is 3. The molecule has 1 unspecified atom stereocenters. The van der Waals surface area contributed by atoms with Crippen LogP contribution in [0.4, 0.5) is 13.2 Å². The van der Waals surface area contributed by atoms with Gasteiger partial charge in [0.15, 0.2) is 17.5 Å². The predicted octanol–water partition coefficient (Wildman–Crippen LogP) is 0.758. The molecule has 36 heavy (non-hydrogen) atoms. The van der Waals surface area contributed by atoms with Crippen molar-refractivity contribution < 1.29 is 38.1 Å². The number of hydrogen-bond donors (Lipinski definition) is 3. The zero-order valence-electron chi connectivity index (χ0n) is 18.5. The van der Waals surface area contributed by atoms with Crippen LogP contribution in [0.15, 0.2) is 42.2 Å². The first-order valence-electron chi connectivity index (χ1n) is 11.0. The highest BCUT2D eigenvalue weighted by Gasteiger charge is 2.47. The van der Waals surface area contributed by atoms with Crippen LogP contribution in [0.2, 0.25) is 0 Å². The van der Waals surface area contributed by atoms with E-state index in [0.29, 0.717) is 17.7 Å². The Morgan fingerprint density at radius 3 is 2.39 bits per heavy atom. The van der Waals surface area contributed by atoms with Crippen molar-refractivity contribution in [1.29, 1.82) is 0 Å². The van der Waals surface area contributed by atoms with E-state index in [0.717, 1.165) is 16.8 Å². The first kappa shape index (κ1) is 24.2. The molecule has 2 aromatic heterocycles. The Balaban J connectivity index is 1.34. The molecule has 0 amide bonds. The zero-order chi connectivity index (χ0) is 25.4. The summed E-state index contributed by atoms with van der Waals surface area (Å²) >= 11 is 0. The molecule has 11 nitrogen and oxygen atoms in total. The topological polar surface area (TPSA) is 148 Å². The lowest BCUT2D eigenvalue weighted by Gasteiger charge is -2.42. The van der Waals surface area contributed by atoms with Crippen molar-refractivity contribution in [2.75, 3.05) is 6.61 Å². The van der Waals surface area contributed by atoms with Gasteiger partial charge in [0.2, 0.25) is 0 Å². The molecular weight excluding hydrogens is 485 g/mol. The zero-order valence-corrected chi connectivity index (χ0v) is 18.5. The number of aromatic nitrogens is 5. The van der Waals surface area contributed by atoms with Crippen LogP contribution in [0.5, 0.6) is 0 Å². The van der Waals surface area contributed by atoms with Crippen molar-refractivity contribution in [3.8, 4) is 11.3 Å². The Morgan fingerprint density at radius 2 is 1.69 bits per heavy atom. The largest absolute Gasteiger partial charge is 0.394 e. The van der Waals surface area contributed by atoms with E-state index in [1.807, 2.05) is 0 Å². The van der Waals surface area contributed by atoms with Gasteiger partial charge in [-0.2, -0.15) is 0 Å². The summed E-state index contributed by atoms with van der Waals surface area (Å²) in [5, 5.41) is 43.4. The fraction of sp³-hybridized carbons (Fsp3) is 0.409. The van der Waals surface area contributed by atoms with Gasteiger partial charge in [0.1, 0.15) is 42.5 Å². The van der Waals surface area contributed by atoms with Gasteiger partial charge in [-0.25, -0.2) is 27.8 Å². The van der Waals surface area contributed by atoms with Gasteiger partial charge in [-0.1, -0.05) is 10.4 Å². The van der Waals surface area contributed by atoms with Gasteiger partial charge >= 0.3 is 0 Å². The number of aliphatic hydroxyl groups is 3. The monoisotopic (exact) mass is 506 g/mol. The summed E-state index contributed by atoms with van der Waals surface area (Å²) in [4.78, 5) is 13.4. The second-order valence-electron chi connectivity index (χ2n) is 8.54. The van der Waals surface area contributed by atoms with Gasteiger partial charge in [-0.3, -0.25) is 0 Å². The molecule has 5 rings (SSSR count). The molecule has 190 valence electrons. The van der Waals surface area contributed by atoms with Gasteiger partial charge in [0.05, 0.1) is 24.6 Å². The second-order valence-corrected chi connectivity index (χ2v) is 8.54. The average molecular weight is 506 g/mol. The predicted molar refractivity (Wildman–Crippen MR) is 115 cm³/mol. The number of nitrogens with zero attached hydrogens (tertiary/aromatic N) is 6. The van der Waals surface area contributed by atoms with E-state index in [4.69, 9.17) is 9.57 Å². The number of ether oxygens (including phenoxy) is 1. The van der Waals surface area contributed by atoms with Gasteiger partial charge in [-0.15, -0.1) is 5.10 Å². The van der Waals surface area contributed by atoms with Crippen molar-refractivity contribution in [2.45, 2.75) is 49.4 Å². The molecule has 0 radical (unpaired) electrons. The number of hydrogen-bond acceptors (Lipinski definition) is 10. The maximum Gasteiger partial charge on any atom is 0.194 e. The van der Waals surface area contributed by atoms with Crippen LogP contribution in [0.1, 0.15) is 24.4 Å². The summed E-state index contributed by atoms with van der Waals surface area (Å²) in [7, 11) is 0. The number of oxime groups is 1. The first-order chi connectivity index (χ1) is 17.4. The third-order valence-electron chi connectivity index (χ3n) is 6.21. The van der Waals surface area contributed by atoms with E-state index in [-0.39, 0.29) is 17.7 Å². The van der Waals surface area contributed by atoms with Crippen LogP contribution >= 0.6 is 0 Å². The minimum atomic E-state index is -1.61. The standard InChI is InChI=1S/C22H21F3N6O5/c23-13-1-10(2-14(24)19(13)25)16-7-31(30-28-16)20-21(33)17(35-18(8-32)22(20)34)4-12-3-15(29-36-12)11-5-26-9-27-6-11/h1-2,5-7,9,12,17-18,20-22,32-34H,3-4,8H2/t12?,17-,18-,20-,21+,22+/m1/s1. The molecule has 14 heteroatoms. The summed E-state index contributed by atoms with van der Waals surface area (Å²) in [6.07, 6.45) is 1.25. The molecule has 1 aromatic carbocycles. The summed E-state index contributed by atoms with van der Waals surface area (Å²) in [6.45, 7) is -0.550. The Hall–Kier alpha value is -3.46. The molecular formula is C22H21F3N6O5. The number of rotatable bonds is 6. The van der Waals surface area contributed by atoms with Crippen LogP contribution in [0, 0.1) is 17.5 Å². The Morgan fingerprint density at radius 1 is 1.00 bits per heavy atom. The quantitative estimate of drug-likeness (QED) is 0.412. The van der Waals surface area contributed by atoms with E-state index < -0.39 is 60.6 Å². The SMILES string of the molecule is OC[C@H]1O[C@H](CC2CC(c3cncnc3)=NO2)[C@H](O)[C@@H](n2cc(-c3cc(F)c(F)c(F)c3)nn2)[C@H]1O. The van der Waals surface area contributed by atoms with Gasteiger partial charge < -0.3 is 24.9 Å². The maximum absolute atomic E-state index is 13.7. The lowest BCUT2D eigenvalue weighted by molar-refractivity contribution is -0.212. The summed E-state index contributed by atoms with van der Waals surface area (Å²) in [5.41, 5.74) is 1.22. The number of benzene rings is 1. The number of aliphatic hydroxyl groups excluding tert-OH is 3. The lowest BCUT2D eigenvalue weighted by atomic mass is 9.89. The van der Waals surface area contributed by atoms with E-state index in [2.05, 4.69) is 25.4 Å². The highest BCUT2D eigenvalue weighted by atomic mass is 19.2. The minimum absolute atomic E-state index is 0.0157. The smallest absolute Gasteiger partial charge is 0.194 e. The van der Waals surface area contributed by atoms with Gasteiger partial charge in [0.25, 0.3) is 0 Å². The first-order valence-corrected chi connectivity index (χ1v) is 11.0. The minimum Gasteiger partial charge on any atom is -0.394 e. The Kier molecular flexibility index (Phi) is 6.66.